The van der Waals surface area contributed by atoms with Crippen LogP contribution in [0.4, 0.5) is 10.7 Å². The van der Waals surface area contributed by atoms with Crippen molar-refractivity contribution in [1.82, 2.24) is 24.6 Å². The number of amides is 2. The molecule has 0 aliphatic carbocycles. The summed E-state index contributed by atoms with van der Waals surface area (Å²) >= 11 is 0. The summed E-state index contributed by atoms with van der Waals surface area (Å²) in [4.78, 5) is 21.7. The minimum atomic E-state index is -0.0543. The number of rotatable bonds is 3. The summed E-state index contributed by atoms with van der Waals surface area (Å²) in [6.07, 6.45) is 5.49. The first-order valence-corrected chi connectivity index (χ1v) is 10.5. The predicted octanol–water partition coefficient (Wildman–Crippen LogP) is 2.74. The van der Waals surface area contributed by atoms with Gasteiger partial charge in [-0.25, -0.2) is 9.48 Å². The Morgan fingerprint density at radius 2 is 1.93 bits per heavy atom. The topological polar surface area (TPSA) is 66.3 Å². The Morgan fingerprint density at radius 1 is 1.07 bits per heavy atom. The fraction of sp³-hybridized carbons (Fsp3) is 0.571. The second kappa shape index (κ2) is 7.20. The van der Waals surface area contributed by atoms with Crippen LogP contribution in [0.25, 0.3) is 0 Å². The van der Waals surface area contributed by atoms with Gasteiger partial charge in [-0.05, 0) is 37.8 Å². The van der Waals surface area contributed by atoms with Crippen LogP contribution in [0.5, 0.6) is 0 Å². The number of nitrogens with one attached hydrogen (secondary N) is 1. The van der Waals surface area contributed by atoms with E-state index in [0.717, 1.165) is 70.8 Å². The normalized spacial score (nSPS) is 24.6. The molecule has 0 bridgehead atoms. The number of aromatic nitrogens is 3. The van der Waals surface area contributed by atoms with E-state index in [1.54, 1.807) is 0 Å². The molecule has 2 saturated heterocycles. The van der Waals surface area contributed by atoms with Gasteiger partial charge in [-0.15, -0.1) is 5.10 Å². The van der Waals surface area contributed by atoms with E-state index in [4.69, 9.17) is 0 Å². The first kappa shape index (κ1) is 17.7. The number of carbonyl (C=O) groups is 1. The van der Waals surface area contributed by atoms with Crippen molar-refractivity contribution < 1.29 is 4.79 Å². The highest BCUT2D eigenvalue weighted by Crippen LogP contribution is 2.40. The molecule has 3 aliphatic heterocycles. The monoisotopic (exact) mass is 380 g/mol. The van der Waals surface area contributed by atoms with Gasteiger partial charge in [0.2, 0.25) is 5.95 Å². The number of benzene rings is 1. The van der Waals surface area contributed by atoms with Crippen molar-refractivity contribution in [1.29, 1.82) is 0 Å². The molecule has 7 heteroatoms. The molecule has 1 aromatic heterocycles. The average molecular weight is 380 g/mol. The summed E-state index contributed by atoms with van der Waals surface area (Å²) < 4.78 is 1.93. The van der Waals surface area contributed by atoms with Crippen molar-refractivity contribution in [3.63, 3.8) is 0 Å². The van der Waals surface area contributed by atoms with Gasteiger partial charge in [-0.1, -0.05) is 30.3 Å². The summed E-state index contributed by atoms with van der Waals surface area (Å²) in [6.45, 7) is 5.74. The Labute approximate surface area is 165 Å². The Morgan fingerprint density at radius 3 is 2.79 bits per heavy atom. The molecule has 5 rings (SSSR count). The first-order valence-electron chi connectivity index (χ1n) is 10.5. The number of hydrogen-bond acceptors (Lipinski definition) is 4. The Kier molecular flexibility index (Phi) is 4.55. The summed E-state index contributed by atoms with van der Waals surface area (Å²) in [5.41, 5.74) is 1.61. The quantitative estimate of drug-likeness (QED) is 0.889. The lowest BCUT2D eigenvalue weighted by molar-refractivity contribution is 0.210. The standard InChI is InChI=1S/C21H28N6O/c28-20(23-19-22-18-8-4-5-11-27(18)24-19)26-13-10-21(16-26)9-12-25(15-21)14-17-6-2-1-3-7-17/h1-3,6-7H,4-5,8-16H2,(H,23,24,28). The van der Waals surface area contributed by atoms with Gasteiger partial charge in [0, 0.05) is 44.6 Å². The van der Waals surface area contributed by atoms with Gasteiger partial charge in [0.05, 0.1) is 0 Å². The number of anilines is 1. The summed E-state index contributed by atoms with van der Waals surface area (Å²) in [5, 5.41) is 7.38. The van der Waals surface area contributed by atoms with Crippen LogP contribution in [0.2, 0.25) is 0 Å². The number of likely N-dealkylation sites (tertiary alicyclic amines) is 2. The average Bonchev–Trinajstić information content (AvgIpc) is 3.41. The first-order chi connectivity index (χ1) is 13.7. The molecule has 2 amide bonds. The molecule has 7 nitrogen and oxygen atoms in total. The molecular formula is C21H28N6O. The lowest BCUT2D eigenvalue weighted by Gasteiger charge is -2.24. The number of urea groups is 1. The largest absolute Gasteiger partial charge is 0.324 e. The molecule has 1 atom stereocenters. The van der Waals surface area contributed by atoms with Gasteiger partial charge >= 0.3 is 6.03 Å². The molecule has 2 fully saturated rings. The third-order valence-corrected chi connectivity index (χ3v) is 6.48. The Hall–Kier alpha value is -2.41. The molecule has 0 saturated carbocycles. The molecule has 1 aromatic carbocycles. The van der Waals surface area contributed by atoms with Crippen LogP contribution in [0, 0.1) is 5.41 Å². The molecule has 148 valence electrons. The van der Waals surface area contributed by atoms with E-state index in [0.29, 0.717) is 5.95 Å². The molecule has 1 unspecified atom stereocenters. The van der Waals surface area contributed by atoms with Crippen LogP contribution in [-0.2, 0) is 19.5 Å². The van der Waals surface area contributed by atoms with Crippen LogP contribution in [0.15, 0.2) is 30.3 Å². The minimum absolute atomic E-state index is 0.0543. The summed E-state index contributed by atoms with van der Waals surface area (Å²) in [7, 11) is 0. The van der Waals surface area contributed by atoms with Crippen LogP contribution in [-0.4, -0.2) is 56.8 Å². The van der Waals surface area contributed by atoms with Crippen molar-refractivity contribution >= 4 is 12.0 Å². The smallest absolute Gasteiger partial charge is 0.324 e. The summed E-state index contributed by atoms with van der Waals surface area (Å²) in [6, 6.07) is 10.6. The van der Waals surface area contributed by atoms with E-state index in [-0.39, 0.29) is 11.4 Å². The maximum absolute atomic E-state index is 12.8. The number of carbonyl (C=O) groups excluding carboxylic acids is 1. The van der Waals surface area contributed by atoms with E-state index < -0.39 is 0 Å². The Bertz CT molecular complexity index is 826. The maximum Gasteiger partial charge on any atom is 0.324 e. The van der Waals surface area contributed by atoms with E-state index in [1.165, 1.54) is 12.0 Å². The molecule has 1 N–H and O–H groups in total. The van der Waals surface area contributed by atoms with E-state index in [9.17, 15) is 4.79 Å². The number of nitrogens with zero attached hydrogens (tertiary/aromatic N) is 5. The number of aryl methyl sites for hydroxylation is 2. The van der Waals surface area contributed by atoms with Gasteiger partial charge in [-0.3, -0.25) is 10.2 Å². The van der Waals surface area contributed by atoms with Crippen LogP contribution in [0.3, 0.4) is 0 Å². The van der Waals surface area contributed by atoms with Gasteiger partial charge in [-0.2, -0.15) is 4.98 Å². The molecular weight excluding hydrogens is 352 g/mol. The van der Waals surface area contributed by atoms with Crippen molar-refractivity contribution in [3.8, 4) is 0 Å². The van der Waals surface area contributed by atoms with E-state index in [1.807, 2.05) is 9.58 Å². The zero-order valence-electron chi connectivity index (χ0n) is 16.3. The van der Waals surface area contributed by atoms with Gasteiger partial charge < -0.3 is 4.90 Å². The van der Waals surface area contributed by atoms with Gasteiger partial charge in [0.1, 0.15) is 5.82 Å². The maximum atomic E-state index is 12.8. The molecule has 0 radical (unpaired) electrons. The lowest BCUT2D eigenvalue weighted by Crippen LogP contribution is -2.36. The summed E-state index contributed by atoms with van der Waals surface area (Å²) in [5.74, 6) is 1.45. The fourth-order valence-electron chi connectivity index (χ4n) is 4.96. The van der Waals surface area contributed by atoms with Crippen molar-refractivity contribution in [2.24, 2.45) is 5.41 Å². The van der Waals surface area contributed by atoms with Gasteiger partial charge in [0.15, 0.2) is 0 Å². The highest BCUT2D eigenvalue weighted by molar-refractivity contribution is 5.87. The van der Waals surface area contributed by atoms with Crippen molar-refractivity contribution in [2.75, 3.05) is 31.5 Å². The molecule has 28 heavy (non-hydrogen) atoms. The molecule has 3 aliphatic rings. The molecule has 4 heterocycles. The third-order valence-electron chi connectivity index (χ3n) is 6.48. The van der Waals surface area contributed by atoms with E-state index >= 15 is 0 Å². The van der Waals surface area contributed by atoms with E-state index in [2.05, 4.69) is 50.6 Å². The lowest BCUT2D eigenvalue weighted by atomic mass is 9.86. The second-order valence-electron chi connectivity index (χ2n) is 8.58. The predicted molar refractivity (Wildman–Crippen MR) is 107 cm³/mol. The SMILES string of the molecule is O=C(Nc1nc2n(n1)CCCC2)N1CCC2(CCN(Cc3ccccc3)C2)C1. The molecule has 1 spiro atoms. The highest BCUT2D eigenvalue weighted by atomic mass is 16.2. The van der Waals surface area contributed by atoms with Crippen LogP contribution >= 0.6 is 0 Å². The zero-order chi connectivity index (χ0) is 19.0. The van der Waals surface area contributed by atoms with Crippen molar-refractivity contribution in [2.45, 2.75) is 45.2 Å². The minimum Gasteiger partial charge on any atom is -0.324 e. The van der Waals surface area contributed by atoms with Crippen LogP contribution < -0.4 is 5.32 Å². The number of fused-ring (bicyclic) bond motifs is 1. The second-order valence-corrected chi connectivity index (χ2v) is 8.58. The van der Waals surface area contributed by atoms with Gasteiger partial charge in [0.25, 0.3) is 0 Å². The van der Waals surface area contributed by atoms with Crippen LogP contribution in [0.1, 0.15) is 37.1 Å². The highest BCUT2D eigenvalue weighted by Gasteiger charge is 2.44. The number of hydrogen-bond donors (Lipinski definition) is 1. The zero-order valence-corrected chi connectivity index (χ0v) is 16.3. The fourth-order valence-corrected chi connectivity index (χ4v) is 4.96. The Balaban J connectivity index is 1.17. The molecule has 2 aromatic rings. The third kappa shape index (κ3) is 3.51. The van der Waals surface area contributed by atoms with Crippen molar-refractivity contribution in [3.05, 3.63) is 41.7 Å².